The minimum Gasteiger partial charge on any atom is -0.352 e. The van der Waals surface area contributed by atoms with Crippen LogP contribution in [0.15, 0.2) is 29.3 Å². The number of rotatable bonds is 5. The fraction of sp³-hybridized carbons (Fsp3) is 0.611. The Labute approximate surface area is 168 Å². The standard InChI is InChI=1S/C18H30N4S.HI/c1-5-17-14-22(10-11-23-17)18(19-2)20-12-15-8-6-7-9-16(15)13-21(3)4;/h6-9,17H,5,10-14H2,1-4H3,(H,19,20);1H. The predicted octanol–water partition coefficient (Wildman–Crippen LogP) is 3.27. The van der Waals surface area contributed by atoms with Crippen LogP contribution in [0.25, 0.3) is 0 Å². The van der Waals surface area contributed by atoms with Crippen molar-refractivity contribution in [3.8, 4) is 0 Å². The van der Waals surface area contributed by atoms with Gasteiger partial charge in [-0.2, -0.15) is 11.8 Å². The van der Waals surface area contributed by atoms with Crippen LogP contribution in [-0.2, 0) is 13.1 Å². The normalized spacial score (nSPS) is 18.5. The molecule has 1 aliphatic rings. The molecule has 1 N–H and O–H groups in total. The first-order chi connectivity index (χ1) is 11.1. The van der Waals surface area contributed by atoms with Gasteiger partial charge < -0.3 is 15.1 Å². The van der Waals surface area contributed by atoms with Crippen molar-refractivity contribution < 1.29 is 0 Å². The molecule has 6 heteroatoms. The molecule has 0 saturated carbocycles. The van der Waals surface area contributed by atoms with Gasteiger partial charge in [0.05, 0.1) is 0 Å². The summed E-state index contributed by atoms with van der Waals surface area (Å²) in [6.45, 7) is 6.25. The molecule has 0 radical (unpaired) electrons. The van der Waals surface area contributed by atoms with Crippen LogP contribution in [0, 0.1) is 0 Å². The molecule has 1 unspecified atom stereocenters. The summed E-state index contributed by atoms with van der Waals surface area (Å²) in [6, 6.07) is 8.65. The number of benzene rings is 1. The second kappa shape index (κ2) is 11.2. The molecule has 1 aliphatic heterocycles. The van der Waals surface area contributed by atoms with Crippen molar-refractivity contribution in [3.63, 3.8) is 0 Å². The highest BCUT2D eigenvalue weighted by molar-refractivity contribution is 14.0. The summed E-state index contributed by atoms with van der Waals surface area (Å²) in [4.78, 5) is 9.11. The van der Waals surface area contributed by atoms with E-state index in [-0.39, 0.29) is 24.0 Å². The summed E-state index contributed by atoms with van der Waals surface area (Å²) in [5, 5.41) is 4.29. The topological polar surface area (TPSA) is 30.9 Å². The summed E-state index contributed by atoms with van der Waals surface area (Å²) >= 11 is 2.09. The van der Waals surface area contributed by atoms with Gasteiger partial charge in [0.15, 0.2) is 5.96 Å². The molecular formula is C18H31IN4S. The molecule has 1 saturated heterocycles. The van der Waals surface area contributed by atoms with Gasteiger partial charge in [0, 0.05) is 44.2 Å². The average Bonchev–Trinajstić information content (AvgIpc) is 2.56. The summed E-state index contributed by atoms with van der Waals surface area (Å²) in [6.07, 6.45) is 1.23. The third kappa shape index (κ3) is 6.44. The zero-order valence-corrected chi connectivity index (χ0v) is 18.4. The second-order valence-electron chi connectivity index (χ2n) is 6.25. The van der Waals surface area contributed by atoms with Gasteiger partial charge in [-0.15, -0.1) is 24.0 Å². The minimum absolute atomic E-state index is 0. The number of nitrogens with zero attached hydrogens (tertiary/aromatic N) is 3. The number of nitrogens with one attached hydrogen (secondary N) is 1. The maximum atomic E-state index is 4.50. The predicted molar refractivity (Wildman–Crippen MR) is 118 cm³/mol. The van der Waals surface area contributed by atoms with Crippen molar-refractivity contribution in [1.29, 1.82) is 0 Å². The molecule has 24 heavy (non-hydrogen) atoms. The van der Waals surface area contributed by atoms with Crippen LogP contribution in [0.4, 0.5) is 0 Å². The summed E-state index contributed by atoms with van der Waals surface area (Å²) in [5.41, 5.74) is 2.72. The van der Waals surface area contributed by atoms with Gasteiger partial charge in [-0.3, -0.25) is 4.99 Å². The Bertz CT molecular complexity index is 521. The highest BCUT2D eigenvalue weighted by atomic mass is 127. The molecule has 1 heterocycles. The zero-order chi connectivity index (χ0) is 16.7. The summed E-state index contributed by atoms with van der Waals surface area (Å²) < 4.78 is 0. The van der Waals surface area contributed by atoms with Crippen LogP contribution >= 0.6 is 35.7 Å². The van der Waals surface area contributed by atoms with Gasteiger partial charge in [-0.25, -0.2) is 0 Å². The molecular weight excluding hydrogens is 431 g/mol. The Hall–Kier alpha value is -0.470. The third-order valence-corrected chi connectivity index (χ3v) is 5.52. The molecule has 2 rings (SSSR count). The lowest BCUT2D eigenvalue weighted by atomic mass is 10.1. The van der Waals surface area contributed by atoms with E-state index < -0.39 is 0 Å². The first kappa shape index (κ1) is 21.6. The molecule has 0 bridgehead atoms. The lowest BCUT2D eigenvalue weighted by Gasteiger charge is -2.34. The van der Waals surface area contributed by atoms with Crippen molar-refractivity contribution in [2.45, 2.75) is 31.7 Å². The minimum atomic E-state index is 0. The van der Waals surface area contributed by atoms with E-state index >= 15 is 0 Å². The van der Waals surface area contributed by atoms with Gasteiger partial charge in [0.1, 0.15) is 0 Å². The number of hydrogen-bond acceptors (Lipinski definition) is 3. The lowest BCUT2D eigenvalue weighted by Crippen LogP contribution is -2.47. The van der Waals surface area contributed by atoms with Crippen LogP contribution in [0.5, 0.6) is 0 Å². The monoisotopic (exact) mass is 462 g/mol. The molecule has 136 valence electrons. The Morgan fingerprint density at radius 3 is 2.67 bits per heavy atom. The van der Waals surface area contributed by atoms with E-state index in [9.17, 15) is 0 Å². The van der Waals surface area contributed by atoms with E-state index in [0.717, 1.165) is 37.4 Å². The largest absolute Gasteiger partial charge is 0.352 e. The first-order valence-corrected chi connectivity index (χ1v) is 9.47. The average molecular weight is 462 g/mol. The molecule has 1 fully saturated rings. The fourth-order valence-corrected chi connectivity index (χ4v) is 4.07. The SMILES string of the molecule is CCC1CN(C(=NC)NCc2ccccc2CN(C)C)CCS1.I. The van der Waals surface area contributed by atoms with Crippen LogP contribution < -0.4 is 5.32 Å². The van der Waals surface area contributed by atoms with Crippen molar-refractivity contribution in [3.05, 3.63) is 35.4 Å². The van der Waals surface area contributed by atoms with E-state index in [1.54, 1.807) is 0 Å². The van der Waals surface area contributed by atoms with Crippen molar-refractivity contribution in [2.24, 2.45) is 4.99 Å². The Morgan fingerprint density at radius 1 is 1.33 bits per heavy atom. The van der Waals surface area contributed by atoms with E-state index in [0.29, 0.717) is 0 Å². The van der Waals surface area contributed by atoms with Crippen molar-refractivity contribution in [1.82, 2.24) is 15.1 Å². The quantitative estimate of drug-likeness (QED) is 0.414. The maximum Gasteiger partial charge on any atom is 0.193 e. The highest BCUT2D eigenvalue weighted by Gasteiger charge is 2.21. The fourth-order valence-electron chi connectivity index (χ4n) is 2.89. The highest BCUT2D eigenvalue weighted by Crippen LogP contribution is 2.21. The zero-order valence-electron chi connectivity index (χ0n) is 15.3. The smallest absolute Gasteiger partial charge is 0.193 e. The summed E-state index contributed by atoms with van der Waals surface area (Å²) in [7, 11) is 6.11. The van der Waals surface area contributed by atoms with Gasteiger partial charge in [0.25, 0.3) is 0 Å². The first-order valence-electron chi connectivity index (χ1n) is 8.42. The van der Waals surface area contributed by atoms with Crippen molar-refractivity contribution >= 4 is 41.7 Å². The van der Waals surface area contributed by atoms with Crippen LogP contribution in [0.1, 0.15) is 24.5 Å². The molecule has 0 aromatic heterocycles. The molecule has 1 aromatic rings. The molecule has 1 atom stereocenters. The molecule has 0 aliphatic carbocycles. The Morgan fingerprint density at radius 2 is 2.04 bits per heavy atom. The second-order valence-corrected chi connectivity index (χ2v) is 7.66. The molecule has 0 spiro atoms. The van der Waals surface area contributed by atoms with E-state index in [1.165, 1.54) is 23.3 Å². The maximum absolute atomic E-state index is 4.50. The van der Waals surface area contributed by atoms with Crippen LogP contribution in [0.2, 0.25) is 0 Å². The number of thioether (sulfide) groups is 1. The number of hydrogen-bond donors (Lipinski definition) is 1. The van der Waals surface area contributed by atoms with Crippen LogP contribution in [0.3, 0.4) is 0 Å². The van der Waals surface area contributed by atoms with Gasteiger partial charge in [0.2, 0.25) is 0 Å². The molecule has 1 aromatic carbocycles. The van der Waals surface area contributed by atoms with E-state index in [2.05, 4.69) is 77.2 Å². The van der Waals surface area contributed by atoms with E-state index in [1.807, 2.05) is 7.05 Å². The Kier molecular flexibility index (Phi) is 10.1. The van der Waals surface area contributed by atoms with Crippen LogP contribution in [-0.4, -0.2) is 61.0 Å². The number of aliphatic imine (C=N–C) groups is 1. The van der Waals surface area contributed by atoms with Gasteiger partial charge in [-0.1, -0.05) is 31.2 Å². The summed E-state index contributed by atoms with van der Waals surface area (Å²) in [5.74, 6) is 2.22. The third-order valence-electron chi connectivity index (χ3n) is 4.15. The Balaban J connectivity index is 0.00000288. The molecule has 4 nitrogen and oxygen atoms in total. The number of halogens is 1. The van der Waals surface area contributed by atoms with Gasteiger partial charge in [-0.05, 0) is 31.6 Å². The lowest BCUT2D eigenvalue weighted by molar-refractivity contribution is 0.398. The number of guanidine groups is 1. The van der Waals surface area contributed by atoms with Crippen molar-refractivity contribution in [2.75, 3.05) is 40.0 Å². The molecule has 0 amide bonds. The van der Waals surface area contributed by atoms with Gasteiger partial charge >= 0.3 is 0 Å². The van der Waals surface area contributed by atoms with E-state index in [4.69, 9.17) is 0 Å².